The van der Waals surface area contributed by atoms with Crippen molar-refractivity contribution in [2.45, 2.75) is 64.5 Å². The Hall–Kier alpha value is -2.30. The van der Waals surface area contributed by atoms with Crippen LogP contribution in [0.15, 0.2) is 42.5 Å². The van der Waals surface area contributed by atoms with Crippen molar-refractivity contribution >= 4 is 28.5 Å². The number of carbonyl (C=O) groups is 1. The van der Waals surface area contributed by atoms with E-state index in [2.05, 4.69) is 35.1 Å². The van der Waals surface area contributed by atoms with Gasteiger partial charge in [-0.05, 0) is 75.5 Å². The van der Waals surface area contributed by atoms with Crippen LogP contribution in [-0.4, -0.2) is 35.5 Å². The molecule has 0 aliphatic heterocycles. The van der Waals surface area contributed by atoms with Crippen LogP contribution in [0.3, 0.4) is 0 Å². The van der Waals surface area contributed by atoms with Crippen molar-refractivity contribution in [3.05, 3.63) is 69.9 Å². The van der Waals surface area contributed by atoms with Crippen molar-refractivity contribution in [1.82, 2.24) is 9.88 Å². The number of carbonyl (C=O) groups excluding carboxylic acids is 1. The summed E-state index contributed by atoms with van der Waals surface area (Å²) in [4.78, 5) is 19.0. The molecule has 0 radical (unpaired) electrons. The molecular weight excluding hydrogens is 420 g/mol. The minimum Gasteiger partial charge on any atom is -0.454 e. The van der Waals surface area contributed by atoms with Crippen LogP contribution in [0.4, 0.5) is 0 Å². The third-order valence-corrected chi connectivity index (χ3v) is 7.04. The summed E-state index contributed by atoms with van der Waals surface area (Å²) in [7, 11) is 2.25. The Morgan fingerprint density at radius 3 is 2.72 bits per heavy atom. The van der Waals surface area contributed by atoms with Gasteiger partial charge in [0.15, 0.2) is 0 Å². The number of halogens is 1. The normalized spacial score (nSPS) is 15.9. The second-order valence-corrected chi connectivity index (χ2v) is 9.57. The summed E-state index contributed by atoms with van der Waals surface area (Å²) >= 11 is 6.10. The van der Waals surface area contributed by atoms with Crippen molar-refractivity contribution < 1.29 is 9.53 Å². The summed E-state index contributed by atoms with van der Waals surface area (Å²) in [5.74, 6) is -0.308. The summed E-state index contributed by atoms with van der Waals surface area (Å²) in [6.45, 7) is 4.84. The first kappa shape index (κ1) is 22.9. The van der Waals surface area contributed by atoms with E-state index in [0.29, 0.717) is 16.6 Å². The van der Waals surface area contributed by atoms with Gasteiger partial charge in [-0.2, -0.15) is 0 Å². The minimum absolute atomic E-state index is 0.308. The Bertz CT molecular complexity index is 1080. The lowest BCUT2D eigenvalue weighted by molar-refractivity contribution is 0.0339. The largest absolute Gasteiger partial charge is 0.454 e. The number of nitrogens with one attached hydrogen (secondary N) is 1. The summed E-state index contributed by atoms with van der Waals surface area (Å²) in [6, 6.07) is 14.5. The first-order valence-electron chi connectivity index (χ1n) is 11.7. The van der Waals surface area contributed by atoms with E-state index in [1.54, 1.807) is 0 Å². The number of rotatable bonds is 7. The first-order valence-corrected chi connectivity index (χ1v) is 12.1. The topological polar surface area (TPSA) is 45.3 Å². The fraction of sp³-hybridized carbons (Fsp3) is 0.444. The van der Waals surface area contributed by atoms with E-state index < -0.39 is 0 Å². The van der Waals surface area contributed by atoms with Crippen LogP contribution in [0.2, 0.25) is 5.02 Å². The van der Waals surface area contributed by atoms with E-state index >= 15 is 0 Å². The van der Waals surface area contributed by atoms with Crippen LogP contribution >= 0.6 is 11.6 Å². The molecule has 1 saturated carbocycles. The van der Waals surface area contributed by atoms with Gasteiger partial charge in [0.1, 0.15) is 6.10 Å². The van der Waals surface area contributed by atoms with E-state index in [9.17, 15) is 4.79 Å². The van der Waals surface area contributed by atoms with Gasteiger partial charge in [0, 0.05) is 34.2 Å². The summed E-state index contributed by atoms with van der Waals surface area (Å²) < 4.78 is 5.82. The first-order chi connectivity index (χ1) is 15.4. The second-order valence-electron chi connectivity index (χ2n) is 9.13. The van der Waals surface area contributed by atoms with Gasteiger partial charge in [-0.25, -0.2) is 4.79 Å². The molecule has 1 atom stereocenters. The quantitative estimate of drug-likeness (QED) is 0.398. The molecule has 5 heteroatoms. The Kier molecular flexibility index (Phi) is 7.22. The van der Waals surface area contributed by atoms with E-state index in [1.165, 1.54) is 37.7 Å². The third-order valence-electron chi connectivity index (χ3n) is 6.81. The molecule has 170 valence electrons. The van der Waals surface area contributed by atoms with Crippen LogP contribution < -0.4 is 0 Å². The highest BCUT2D eigenvalue weighted by molar-refractivity contribution is 6.30. The monoisotopic (exact) mass is 452 g/mol. The summed E-state index contributed by atoms with van der Waals surface area (Å²) in [6.07, 6.45) is 7.30. The molecule has 1 unspecified atom stereocenters. The zero-order valence-electron chi connectivity index (χ0n) is 19.3. The SMILES string of the molecule is Cc1[nH]c2ccc(CCN(C)C3CCCCC3)cc2c1C(=O)OC(C)c1cccc(Cl)c1. The van der Waals surface area contributed by atoms with Crippen LogP contribution in [0.1, 0.15) is 72.3 Å². The molecule has 1 aliphatic rings. The highest BCUT2D eigenvalue weighted by Gasteiger charge is 2.21. The van der Waals surface area contributed by atoms with E-state index in [4.69, 9.17) is 16.3 Å². The van der Waals surface area contributed by atoms with Gasteiger partial charge in [-0.15, -0.1) is 0 Å². The molecule has 1 N–H and O–H groups in total. The molecule has 0 spiro atoms. The Morgan fingerprint density at radius 1 is 1.19 bits per heavy atom. The number of ether oxygens (including phenoxy) is 1. The number of fused-ring (bicyclic) bond motifs is 1. The highest BCUT2D eigenvalue weighted by atomic mass is 35.5. The number of H-pyrrole nitrogens is 1. The number of likely N-dealkylation sites (N-methyl/N-ethyl adjacent to an activating group) is 1. The maximum atomic E-state index is 13.1. The molecule has 1 fully saturated rings. The number of aromatic nitrogens is 1. The van der Waals surface area contributed by atoms with Crippen LogP contribution in [0.25, 0.3) is 10.9 Å². The number of hydrogen-bond acceptors (Lipinski definition) is 3. The van der Waals surface area contributed by atoms with Gasteiger partial charge >= 0.3 is 5.97 Å². The van der Waals surface area contributed by atoms with Gasteiger partial charge in [0.05, 0.1) is 5.56 Å². The number of hydrogen-bond donors (Lipinski definition) is 1. The molecule has 4 rings (SSSR count). The summed E-state index contributed by atoms with van der Waals surface area (Å²) in [5, 5.41) is 1.57. The Morgan fingerprint density at radius 2 is 1.97 bits per heavy atom. The van der Waals surface area contributed by atoms with E-state index in [1.807, 2.05) is 38.1 Å². The van der Waals surface area contributed by atoms with Crippen molar-refractivity contribution in [3.63, 3.8) is 0 Å². The van der Waals surface area contributed by atoms with E-state index in [-0.39, 0.29) is 12.1 Å². The van der Waals surface area contributed by atoms with Crippen LogP contribution in [0.5, 0.6) is 0 Å². The van der Waals surface area contributed by atoms with E-state index in [0.717, 1.165) is 35.1 Å². The van der Waals surface area contributed by atoms with Crippen LogP contribution in [0, 0.1) is 6.92 Å². The molecule has 32 heavy (non-hydrogen) atoms. The average Bonchev–Trinajstić information content (AvgIpc) is 3.13. The Balaban J connectivity index is 1.49. The number of aromatic amines is 1. The van der Waals surface area contributed by atoms with Gasteiger partial charge in [-0.1, -0.05) is 49.1 Å². The molecule has 3 aromatic rings. The lowest BCUT2D eigenvalue weighted by Crippen LogP contribution is -2.34. The third kappa shape index (κ3) is 5.19. The molecule has 1 heterocycles. The molecular formula is C27H33ClN2O2. The number of aryl methyl sites for hydroxylation is 1. The smallest absolute Gasteiger partial charge is 0.341 e. The molecule has 0 bridgehead atoms. The molecule has 0 saturated heterocycles. The standard InChI is InChI=1S/C27H33ClN2O2/c1-18-26(27(31)32-19(2)21-8-7-9-22(28)17-21)24-16-20(12-13-25(24)29-18)14-15-30(3)23-10-5-4-6-11-23/h7-9,12-13,16-17,19,23,29H,4-6,10-11,14-15H2,1-3H3. The zero-order chi connectivity index (χ0) is 22.7. The lowest BCUT2D eigenvalue weighted by atomic mass is 9.94. The van der Waals surface area contributed by atoms with Crippen molar-refractivity contribution in [1.29, 1.82) is 0 Å². The summed E-state index contributed by atoms with van der Waals surface area (Å²) in [5.41, 5.74) is 4.55. The van der Waals surface area contributed by atoms with Crippen molar-refractivity contribution in [3.8, 4) is 0 Å². The zero-order valence-corrected chi connectivity index (χ0v) is 20.0. The van der Waals surface area contributed by atoms with Crippen molar-refractivity contribution in [2.24, 2.45) is 0 Å². The molecule has 1 aromatic heterocycles. The van der Waals surface area contributed by atoms with Crippen LogP contribution in [-0.2, 0) is 11.2 Å². The fourth-order valence-electron chi connectivity index (χ4n) is 4.85. The van der Waals surface area contributed by atoms with Gasteiger partial charge < -0.3 is 14.6 Å². The van der Waals surface area contributed by atoms with Gasteiger partial charge in [0.25, 0.3) is 0 Å². The molecule has 0 amide bonds. The van der Waals surface area contributed by atoms with Crippen molar-refractivity contribution in [2.75, 3.05) is 13.6 Å². The second kappa shape index (κ2) is 10.1. The lowest BCUT2D eigenvalue weighted by Gasteiger charge is -2.31. The predicted molar refractivity (Wildman–Crippen MR) is 132 cm³/mol. The Labute approximate surface area is 195 Å². The number of benzene rings is 2. The van der Waals surface area contributed by atoms with Gasteiger partial charge in [-0.3, -0.25) is 0 Å². The minimum atomic E-state index is -0.377. The average molecular weight is 453 g/mol. The fourth-order valence-corrected chi connectivity index (χ4v) is 5.05. The number of esters is 1. The molecule has 4 nitrogen and oxygen atoms in total. The maximum absolute atomic E-state index is 13.1. The molecule has 1 aliphatic carbocycles. The molecule has 2 aromatic carbocycles. The number of nitrogens with zero attached hydrogens (tertiary/aromatic N) is 1. The van der Waals surface area contributed by atoms with Gasteiger partial charge in [0.2, 0.25) is 0 Å². The predicted octanol–water partition coefficient (Wildman–Crippen LogP) is 6.85. The maximum Gasteiger partial charge on any atom is 0.341 e. The highest BCUT2D eigenvalue weighted by Crippen LogP contribution is 2.28.